The lowest BCUT2D eigenvalue weighted by atomic mass is 10.0. The van der Waals surface area contributed by atoms with E-state index in [9.17, 15) is 13.2 Å². The Kier molecular flexibility index (Phi) is 9.16. The van der Waals surface area contributed by atoms with Gasteiger partial charge in [0.2, 0.25) is 15.8 Å². The first-order chi connectivity index (χ1) is 17.1. The predicted octanol–water partition coefficient (Wildman–Crippen LogP) is 4.09. The minimum absolute atomic E-state index is 0. The molecular formula is C25H32ClN5O5S. The SMILES string of the molecule is CC1CCCCN1c1ccc(-c2nc(-c3cccc(CN(C)CC(=O)O)c3)no2)cc1NS(C)(=O)=O.Cl. The van der Waals surface area contributed by atoms with Gasteiger partial charge in [-0.3, -0.25) is 14.4 Å². The first kappa shape index (κ1) is 28.4. The number of carboxylic acids is 1. The van der Waals surface area contributed by atoms with Gasteiger partial charge >= 0.3 is 5.97 Å². The Bertz CT molecular complexity index is 1350. The van der Waals surface area contributed by atoms with Crippen LogP contribution in [-0.2, 0) is 21.4 Å². The number of hydrogen-bond acceptors (Lipinski definition) is 8. The molecule has 2 aromatic carbocycles. The van der Waals surface area contributed by atoms with Crippen molar-refractivity contribution >= 4 is 39.8 Å². The van der Waals surface area contributed by atoms with Crippen molar-refractivity contribution < 1.29 is 22.8 Å². The molecule has 1 atom stereocenters. The van der Waals surface area contributed by atoms with Crippen LogP contribution >= 0.6 is 12.4 Å². The Labute approximate surface area is 223 Å². The molecule has 37 heavy (non-hydrogen) atoms. The summed E-state index contributed by atoms with van der Waals surface area (Å²) in [5, 5.41) is 13.1. The Hall–Kier alpha value is -3.15. The summed E-state index contributed by atoms with van der Waals surface area (Å²) in [5.41, 5.74) is 3.56. The van der Waals surface area contributed by atoms with Gasteiger partial charge in [-0.25, -0.2) is 8.42 Å². The minimum Gasteiger partial charge on any atom is -0.480 e. The second-order valence-electron chi connectivity index (χ2n) is 9.33. The summed E-state index contributed by atoms with van der Waals surface area (Å²) in [5.74, 6) is -0.228. The Balaban J connectivity index is 0.00000380. The number of benzene rings is 2. The van der Waals surface area contributed by atoms with Crippen molar-refractivity contribution in [1.29, 1.82) is 0 Å². The summed E-state index contributed by atoms with van der Waals surface area (Å²) < 4.78 is 32.4. The Morgan fingerprint density at radius 3 is 2.70 bits per heavy atom. The van der Waals surface area contributed by atoms with Gasteiger partial charge in [-0.1, -0.05) is 23.4 Å². The second kappa shape index (κ2) is 11.9. The van der Waals surface area contributed by atoms with Crippen LogP contribution in [0.2, 0.25) is 0 Å². The average Bonchev–Trinajstić information content (AvgIpc) is 3.29. The van der Waals surface area contributed by atoms with Gasteiger partial charge < -0.3 is 14.5 Å². The van der Waals surface area contributed by atoms with Gasteiger partial charge in [0.15, 0.2) is 0 Å². The fourth-order valence-corrected chi connectivity index (χ4v) is 5.09. The van der Waals surface area contributed by atoms with Gasteiger partial charge in [0.1, 0.15) is 0 Å². The molecule has 1 saturated heterocycles. The van der Waals surface area contributed by atoms with E-state index in [1.54, 1.807) is 18.0 Å². The number of nitrogens with zero attached hydrogens (tertiary/aromatic N) is 4. The number of piperidine rings is 1. The zero-order chi connectivity index (χ0) is 25.9. The van der Waals surface area contributed by atoms with E-state index >= 15 is 0 Å². The standard InChI is InChI=1S/C25H31N5O5S.ClH/c1-17-7-4-5-12-30(17)22-11-10-20(14-21(22)28-36(3,33)34)25-26-24(27-35-25)19-9-6-8-18(13-19)15-29(2)16-23(31)32;/h6,8-11,13-14,17,28H,4-5,7,12,15-16H2,1-3H3,(H,31,32);1H. The third-order valence-corrected chi connectivity index (χ3v) is 6.71. The largest absolute Gasteiger partial charge is 0.480 e. The summed E-state index contributed by atoms with van der Waals surface area (Å²) in [7, 11) is -1.76. The summed E-state index contributed by atoms with van der Waals surface area (Å²) in [6.07, 6.45) is 4.40. The molecule has 0 radical (unpaired) electrons. The highest BCUT2D eigenvalue weighted by atomic mass is 35.5. The number of sulfonamides is 1. The van der Waals surface area contributed by atoms with Crippen molar-refractivity contribution in [2.24, 2.45) is 0 Å². The molecular weight excluding hydrogens is 518 g/mol. The van der Waals surface area contributed by atoms with Gasteiger partial charge in [0.25, 0.3) is 5.89 Å². The summed E-state index contributed by atoms with van der Waals surface area (Å²) in [4.78, 5) is 19.4. The van der Waals surface area contributed by atoms with Crippen LogP contribution < -0.4 is 9.62 Å². The highest BCUT2D eigenvalue weighted by molar-refractivity contribution is 7.92. The molecule has 10 nitrogen and oxygen atoms in total. The summed E-state index contributed by atoms with van der Waals surface area (Å²) in [6.45, 7) is 3.41. The number of nitrogens with one attached hydrogen (secondary N) is 1. The minimum atomic E-state index is -3.50. The highest BCUT2D eigenvalue weighted by Crippen LogP contribution is 2.35. The molecule has 2 N–H and O–H groups in total. The molecule has 200 valence electrons. The Morgan fingerprint density at radius 2 is 2.00 bits per heavy atom. The van der Waals surface area contributed by atoms with Gasteiger partial charge in [0, 0.05) is 30.3 Å². The number of rotatable bonds is 9. The van der Waals surface area contributed by atoms with E-state index in [2.05, 4.69) is 26.7 Å². The quantitative estimate of drug-likeness (QED) is 0.405. The van der Waals surface area contributed by atoms with Crippen LogP contribution in [0.5, 0.6) is 0 Å². The first-order valence-corrected chi connectivity index (χ1v) is 13.7. The number of aliphatic carboxylic acids is 1. The number of halogens is 1. The fourth-order valence-electron chi connectivity index (χ4n) is 4.52. The monoisotopic (exact) mass is 549 g/mol. The van der Waals surface area contributed by atoms with Crippen molar-refractivity contribution in [3.05, 3.63) is 48.0 Å². The molecule has 0 spiro atoms. The molecule has 4 rings (SSSR count). The first-order valence-electron chi connectivity index (χ1n) is 11.8. The molecule has 12 heteroatoms. The third kappa shape index (κ3) is 7.43. The van der Waals surface area contributed by atoms with Gasteiger partial charge in [-0.15, -0.1) is 12.4 Å². The van der Waals surface area contributed by atoms with E-state index in [-0.39, 0.29) is 24.8 Å². The zero-order valence-electron chi connectivity index (χ0n) is 21.0. The smallest absolute Gasteiger partial charge is 0.317 e. The topological polar surface area (TPSA) is 129 Å². The van der Waals surface area contributed by atoms with E-state index in [1.165, 1.54) is 0 Å². The maximum Gasteiger partial charge on any atom is 0.317 e. The lowest BCUT2D eigenvalue weighted by Crippen LogP contribution is -2.38. The van der Waals surface area contributed by atoms with Crippen LogP contribution in [0, 0.1) is 0 Å². The average molecular weight is 550 g/mol. The normalized spacial score (nSPS) is 15.9. The second-order valence-corrected chi connectivity index (χ2v) is 11.1. The molecule has 0 saturated carbocycles. The molecule has 3 aromatic rings. The molecule has 0 aliphatic carbocycles. The molecule has 1 aromatic heterocycles. The molecule has 1 aliphatic heterocycles. The lowest BCUT2D eigenvalue weighted by Gasteiger charge is -2.36. The predicted molar refractivity (Wildman–Crippen MR) is 146 cm³/mol. The van der Waals surface area contributed by atoms with Crippen LogP contribution in [0.25, 0.3) is 22.8 Å². The maximum atomic E-state index is 12.1. The van der Waals surface area contributed by atoms with E-state index in [0.717, 1.165) is 48.9 Å². The van der Waals surface area contributed by atoms with E-state index in [4.69, 9.17) is 9.63 Å². The third-order valence-electron chi connectivity index (χ3n) is 6.12. The van der Waals surface area contributed by atoms with Gasteiger partial charge in [-0.05, 0) is 63.1 Å². The summed E-state index contributed by atoms with van der Waals surface area (Å²) in [6, 6.07) is 13.3. The number of aromatic nitrogens is 2. The van der Waals surface area contributed by atoms with Crippen LogP contribution in [0.1, 0.15) is 31.7 Å². The maximum absolute atomic E-state index is 12.1. The van der Waals surface area contributed by atoms with Gasteiger partial charge in [-0.2, -0.15) is 4.98 Å². The molecule has 1 aliphatic rings. The van der Waals surface area contributed by atoms with Crippen LogP contribution in [0.4, 0.5) is 11.4 Å². The van der Waals surface area contributed by atoms with E-state index < -0.39 is 16.0 Å². The van der Waals surface area contributed by atoms with Crippen molar-refractivity contribution in [2.45, 2.75) is 38.8 Å². The number of carboxylic acid groups (broad SMARTS) is 1. The van der Waals surface area contributed by atoms with Crippen molar-refractivity contribution in [3.8, 4) is 22.8 Å². The number of hydrogen-bond donors (Lipinski definition) is 2. The van der Waals surface area contributed by atoms with Gasteiger partial charge in [0.05, 0.1) is 24.2 Å². The van der Waals surface area contributed by atoms with E-state index in [1.807, 2.05) is 36.4 Å². The molecule has 0 amide bonds. The number of likely N-dealkylation sites (N-methyl/N-ethyl adjacent to an activating group) is 1. The Morgan fingerprint density at radius 1 is 1.22 bits per heavy atom. The van der Waals surface area contributed by atoms with Crippen molar-refractivity contribution in [2.75, 3.05) is 36.0 Å². The van der Waals surface area contributed by atoms with Crippen LogP contribution in [-0.4, -0.2) is 67.0 Å². The molecule has 1 fully saturated rings. The van der Waals surface area contributed by atoms with E-state index in [0.29, 0.717) is 29.7 Å². The summed E-state index contributed by atoms with van der Waals surface area (Å²) >= 11 is 0. The van der Waals surface area contributed by atoms with Crippen molar-refractivity contribution in [1.82, 2.24) is 15.0 Å². The lowest BCUT2D eigenvalue weighted by molar-refractivity contribution is -0.138. The highest BCUT2D eigenvalue weighted by Gasteiger charge is 2.23. The fraction of sp³-hybridized carbons (Fsp3) is 0.400. The molecule has 1 unspecified atom stereocenters. The van der Waals surface area contributed by atoms with Crippen LogP contribution in [0.15, 0.2) is 47.0 Å². The number of carbonyl (C=O) groups is 1. The number of anilines is 2. The molecule has 2 heterocycles. The van der Waals surface area contributed by atoms with Crippen LogP contribution in [0.3, 0.4) is 0 Å². The molecule has 0 bridgehead atoms. The zero-order valence-corrected chi connectivity index (χ0v) is 22.7. The van der Waals surface area contributed by atoms with Crippen molar-refractivity contribution in [3.63, 3.8) is 0 Å².